The molecule has 1 spiro atoms. The number of nitrogens with zero attached hydrogens (tertiary/aromatic N) is 2. The van der Waals surface area contributed by atoms with E-state index in [0.29, 0.717) is 17.6 Å². The van der Waals surface area contributed by atoms with Crippen molar-refractivity contribution in [2.75, 3.05) is 11.9 Å². The van der Waals surface area contributed by atoms with Gasteiger partial charge in [-0.25, -0.2) is 0 Å². The molecule has 0 bridgehead atoms. The van der Waals surface area contributed by atoms with Gasteiger partial charge in [0.05, 0.1) is 6.17 Å². The highest BCUT2D eigenvalue weighted by Crippen LogP contribution is 2.64. The van der Waals surface area contributed by atoms with Gasteiger partial charge in [-0.3, -0.25) is 9.80 Å². The lowest BCUT2D eigenvalue weighted by Gasteiger charge is -2.35. The molecule has 25 heavy (non-hydrogen) atoms. The molecule has 3 nitrogen and oxygen atoms in total. The van der Waals surface area contributed by atoms with Crippen LogP contribution in [0.4, 0.5) is 5.69 Å². The maximum absolute atomic E-state index is 3.90. The second-order valence-electron chi connectivity index (χ2n) is 8.20. The van der Waals surface area contributed by atoms with Crippen LogP contribution in [0.25, 0.3) is 0 Å². The van der Waals surface area contributed by atoms with Crippen LogP contribution < -0.4 is 5.32 Å². The second kappa shape index (κ2) is 4.87. The number of anilines is 1. The van der Waals surface area contributed by atoms with Gasteiger partial charge >= 0.3 is 0 Å². The smallest absolute Gasteiger partial charge is 0.0915 e. The summed E-state index contributed by atoms with van der Waals surface area (Å²) in [6.07, 6.45) is 3.05. The highest BCUT2D eigenvalue weighted by Gasteiger charge is 2.76. The number of hydrogen-bond donors (Lipinski definition) is 1. The minimum absolute atomic E-state index is 0.293. The molecule has 1 unspecified atom stereocenters. The van der Waals surface area contributed by atoms with Crippen molar-refractivity contribution in [3.63, 3.8) is 0 Å². The minimum Gasteiger partial charge on any atom is -0.368 e. The Bertz CT molecular complexity index is 819. The molecule has 2 aromatic carbocycles. The predicted octanol–water partition coefficient (Wildman–Crippen LogP) is 3.43. The van der Waals surface area contributed by atoms with Gasteiger partial charge in [0.2, 0.25) is 0 Å². The van der Waals surface area contributed by atoms with Crippen molar-refractivity contribution in [1.82, 2.24) is 9.80 Å². The van der Waals surface area contributed by atoms with E-state index in [1.807, 2.05) is 0 Å². The maximum Gasteiger partial charge on any atom is 0.0915 e. The Morgan fingerprint density at radius 3 is 2.72 bits per heavy atom. The number of likely N-dealkylation sites (tertiary alicyclic amines) is 1. The Kier molecular flexibility index (Phi) is 2.79. The molecule has 6 atom stereocenters. The molecule has 0 amide bonds. The van der Waals surface area contributed by atoms with E-state index < -0.39 is 0 Å². The van der Waals surface area contributed by atoms with Gasteiger partial charge in [0.1, 0.15) is 0 Å². The quantitative estimate of drug-likeness (QED) is 0.869. The predicted molar refractivity (Wildman–Crippen MR) is 100 cm³/mol. The van der Waals surface area contributed by atoms with Crippen molar-refractivity contribution >= 4 is 5.69 Å². The molecular formula is C22H25N3. The fourth-order valence-corrected chi connectivity index (χ4v) is 6.34. The first-order valence-electron chi connectivity index (χ1n) is 9.76. The topological polar surface area (TPSA) is 18.3 Å². The largest absolute Gasteiger partial charge is 0.368 e. The third kappa shape index (κ3) is 1.68. The van der Waals surface area contributed by atoms with Crippen molar-refractivity contribution in [2.24, 2.45) is 0 Å². The fraction of sp³-hybridized carbons (Fsp3) is 0.455. The van der Waals surface area contributed by atoms with E-state index in [4.69, 9.17) is 0 Å². The van der Waals surface area contributed by atoms with Gasteiger partial charge in [0.25, 0.3) is 0 Å². The van der Waals surface area contributed by atoms with Gasteiger partial charge in [-0.1, -0.05) is 55.5 Å². The second-order valence-corrected chi connectivity index (χ2v) is 8.20. The van der Waals surface area contributed by atoms with Crippen LogP contribution in [-0.2, 0) is 12.0 Å². The van der Waals surface area contributed by atoms with Crippen molar-refractivity contribution in [1.29, 1.82) is 0 Å². The monoisotopic (exact) mass is 331 g/mol. The van der Waals surface area contributed by atoms with Gasteiger partial charge in [-0.2, -0.15) is 0 Å². The van der Waals surface area contributed by atoms with Gasteiger partial charge in [0.15, 0.2) is 0 Å². The summed E-state index contributed by atoms with van der Waals surface area (Å²) >= 11 is 0. The Morgan fingerprint density at radius 2 is 1.88 bits per heavy atom. The number of hydrogen-bond acceptors (Lipinski definition) is 3. The molecule has 0 aliphatic carbocycles. The van der Waals surface area contributed by atoms with Crippen molar-refractivity contribution < 1.29 is 0 Å². The molecule has 2 aromatic rings. The molecule has 3 saturated heterocycles. The summed E-state index contributed by atoms with van der Waals surface area (Å²) in [5.74, 6) is 0. The standard InChI is InChI=1S/C22H25N3/c1-2-18-19-20-22(12-13-24(20)14-15-8-4-3-5-9-15)16-10-6-7-11-17(16)23-21(22)25(18)19/h3-11,18-21,23H,2,12-14H2,1H3/t18?,19-,20-,21-,22+,25-/m1/s1. The lowest BCUT2D eigenvalue weighted by Crippen LogP contribution is -2.49. The SMILES string of the molecule is CCC1[C@@H]2[C@H]3N(Cc4ccccc4)CC[C@]34c3ccccc3N[C@@H]4[N@]12. The van der Waals surface area contributed by atoms with Crippen LogP contribution in [0.3, 0.4) is 0 Å². The number of fused-ring (bicyclic) bond motifs is 4. The van der Waals surface area contributed by atoms with Crippen LogP contribution in [0.15, 0.2) is 54.6 Å². The summed E-state index contributed by atoms with van der Waals surface area (Å²) in [5.41, 5.74) is 4.69. The van der Waals surface area contributed by atoms with Crippen molar-refractivity contribution in [2.45, 2.75) is 56.0 Å². The molecule has 3 fully saturated rings. The van der Waals surface area contributed by atoms with E-state index in [1.54, 1.807) is 5.56 Å². The van der Waals surface area contributed by atoms with Gasteiger partial charge in [-0.05, 0) is 36.6 Å². The summed E-state index contributed by atoms with van der Waals surface area (Å²) in [4.78, 5) is 5.56. The summed E-state index contributed by atoms with van der Waals surface area (Å²) in [7, 11) is 0. The highest BCUT2D eigenvalue weighted by atomic mass is 15.5. The van der Waals surface area contributed by atoms with E-state index in [-0.39, 0.29) is 0 Å². The number of para-hydroxylation sites is 1. The van der Waals surface area contributed by atoms with E-state index in [9.17, 15) is 0 Å². The summed E-state index contributed by atoms with van der Waals surface area (Å²) < 4.78 is 0. The lowest BCUT2D eigenvalue weighted by molar-refractivity contribution is 0.205. The first-order chi connectivity index (χ1) is 12.3. The number of rotatable bonds is 3. The normalized spacial score (nSPS) is 40.1. The third-order valence-electron chi connectivity index (χ3n) is 7.24. The Balaban J connectivity index is 1.42. The number of piperidine rings is 1. The molecule has 1 N–H and O–H groups in total. The average Bonchev–Trinajstić information content (AvgIpc) is 2.93. The van der Waals surface area contributed by atoms with Crippen LogP contribution in [0.1, 0.15) is 30.9 Å². The van der Waals surface area contributed by atoms with Crippen LogP contribution in [-0.4, -0.2) is 40.6 Å². The van der Waals surface area contributed by atoms with E-state index in [1.165, 1.54) is 30.6 Å². The van der Waals surface area contributed by atoms with E-state index in [0.717, 1.165) is 18.6 Å². The molecule has 3 heteroatoms. The van der Waals surface area contributed by atoms with Gasteiger partial charge < -0.3 is 5.32 Å². The van der Waals surface area contributed by atoms with E-state index in [2.05, 4.69) is 76.6 Å². The lowest BCUT2D eigenvalue weighted by atomic mass is 9.73. The van der Waals surface area contributed by atoms with Crippen LogP contribution in [0.5, 0.6) is 0 Å². The molecule has 4 heterocycles. The van der Waals surface area contributed by atoms with E-state index >= 15 is 0 Å². The molecular weight excluding hydrogens is 306 g/mol. The highest BCUT2D eigenvalue weighted by molar-refractivity contribution is 5.66. The zero-order valence-corrected chi connectivity index (χ0v) is 14.7. The maximum atomic E-state index is 3.90. The van der Waals surface area contributed by atoms with Crippen LogP contribution in [0.2, 0.25) is 0 Å². The third-order valence-corrected chi connectivity index (χ3v) is 7.24. The molecule has 4 aliphatic rings. The average molecular weight is 331 g/mol. The Labute approximate surface area is 149 Å². The van der Waals surface area contributed by atoms with Crippen LogP contribution >= 0.6 is 0 Å². The van der Waals surface area contributed by atoms with Gasteiger partial charge in [-0.15, -0.1) is 0 Å². The Hall–Kier alpha value is -1.84. The minimum atomic E-state index is 0.293. The first kappa shape index (κ1) is 14.3. The molecule has 128 valence electrons. The van der Waals surface area contributed by atoms with Crippen molar-refractivity contribution in [3.8, 4) is 0 Å². The first-order valence-corrected chi connectivity index (χ1v) is 9.76. The van der Waals surface area contributed by atoms with Crippen LogP contribution in [0, 0.1) is 0 Å². The number of benzene rings is 2. The van der Waals surface area contributed by atoms with Crippen molar-refractivity contribution in [3.05, 3.63) is 65.7 Å². The molecule has 0 radical (unpaired) electrons. The number of nitrogens with one attached hydrogen (secondary N) is 1. The summed E-state index contributed by atoms with van der Waals surface area (Å²) in [6.45, 7) is 4.65. The molecule has 4 aliphatic heterocycles. The zero-order valence-electron chi connectivity index (χ0n) is 14.7. The summed E-state index contributed by atoms with van der Waals surface area (Å²) in [6, 6.07) is 22.2. The Morgan fingerprint density at radius 1 is 1.08 bits per heavy atom. The molecule has 0 saturated carbocycles. The fourth-order valence-electron chi connectivity index (χ4n) is 6.34. The molecule has 0 aromatic heterocycles. The summed E-state index contributed by atoms with van der Waals surface area (Å²) in [5, 5.41) is 3.90. The molecule has 6 rings (SSSR count). The zero-order chi connectivity index (χ0) is 16.6. The van der Waals surface area contributed by atoms with Gasteiger partial charge in [0, 0.05) is 35.8 Å².